The van der Waals surface area contributed by atoms with Crippen molar-refractivity contribution in [1.82, 2.24) is 19.9 Å². The van der Waals surface area contributed by atoms with E-state index in [0.29, 0.717) is 22.9 Å². The fourth-order valence-corrected chi connectivity index (χ4v) is 8.37. The van der Waals surface area contributed by atoms with E-state index in [1.807, 2.05) is 77.1 Å². The third kappa shape index (κ3) is 10.3. The summed E-state index contributed by atoms with van der Waals surface area (Å²) in [6, 6.07) is 68.9. The van der Waals surface area contributed by atoms with E-state index in [0.717, 1.165) is 60.2 Å². The fourth-order valence-electron chi connectivity index (χ4n) is 8.37. The van der Waals surface area contributed by atoms with Gasteiger partial charge >= 0.3 is 0 Å². The van der Waals surface area contributed by atoms with Crippen LogP contribution in [0.3, 0.4) is 0 Å². The Morgan fingerprint density at radius 2 is 0.957 bits per heavy atom. The first kappa shape index (κ1) is 47.7. The number of hydrogen-bond acceptors (Lipinski definition) is 11. The number of pyridine rings is 4. The maximum absolute atomic E-state index is 6.02. The number of hydrogen-bond donors (Lipinski definition) is 0. The van der Waals surface area contributed by atoms with Crippen LogP contribution >= 0.6 is 0 Å². The van der Waals surface area contributed by atoms with Gasteiger partial charge in [-0.1, -0.05) is 54.3 Å². The van der Waals surface area contributed by atoms with Gasteiger partial charge in [0.15, 0.2) is 0 Å². The minimum absolute atomic E-state index is 0. The van der Waals surface area contributed by atoms with Crippen LogP contribution < -0.4 is 34.1 Å². The van der Waals surface area contributed by atoms with Crippen LogP contribution in [0.4, 0.5) is 57.0 Å². The molecule has 3 aliphatic rings. The number of anilines is 10. The Labute approximate surface area is 437 Å². The monoisotopic (exact) mass is 1270 g/mol. The van der Waals surface area contributed by atoms with Crippen molar-refractivity contribution < 1.29 is 45.9 Å². The number of fused-ring (bicyclic) bond motifs is 3. The largest absolute Gasteiger partial charge is 0.509 e. The van der Waals surface area contributed by atoms with Crippen molar-refractivity contribution in [3.8, 4) is 22.9 Å². The second kappa shape index (κ2) is 22.4. The Kier molecular flexibility index (Phi) is 15.2. The standard InChI is InChI=1S/C30H26N4.C27H16N6O.Ir.Pt/c1-3-13-25(14-4-1)33-23-31(27-17-7-9-19-29(27)33)21-11-12-22-32-24-34(26-15-5-2-6-16-26)30-20-10-8-18-28(30)32;1-2-9-26-25(8-1)32(19-33(26)27-10-4-6-13-31-27)20-15-22(18-28-17-20)34-21-11-14-30-24(16-21)23-7-3-5-12-29-23;;/h1-10,13,15,17-20,23-24H,11-12,21-22H2;1-6,8-14,17-19H;;/q2*-4;;. The zero-order chi connectivity index (χ0) is 45.5. The number of nitrogens with zero attached hydrogens (tertiary/aromatic N) is 10. The molecule has 0 bridgehead atoms. The molecule has 1 radical (unpaired) electrons. The van der Waals surface area contributed by atoms with Crippen molar-refractivity contribution in [2.45, 2.75) is 12.8 Å². The van der Waals surface area contributed by atoms with E-state index in [4.69, 9.17) is 4.74 Å². The molecule has 0 spiro atoms. The van der Waals surface area contributed by atoms with E-state index in [2.05, 4.69) is 162 Å². The first-order valence-corrected chi connectivity index (χ1v) is 22.4. The average Bonchev–Trinajstić information content (AvgIpc) is 4.11. The molecule has 4 aromatic heterocycles. The molecule has 13 heteroatoms. The molecule has 9 aromatic rings. The zero-order valence-electron chi connectivity index (χ0n) is 37.5. The van der Waals surface area contributed by atoms with E-state index in [9.17, 15) is 0 Å². The Balaban J connectivity index is 0.000000169. The van der Waals surface area contributed by atoms with Crippen LogP contribution in [0, 0.1) is 50.3 Å². The first-order chi connectivity index (χ1) is 33.7. The van der Waals surface area contributed by atoms with Gasteiger partial charge in [0, 0.05) is 93.0 Å². The third-order valence-electron chi connectivity index (χ3n) is 11.5. The Morgan fingerprint density at radius 3 is 1.53 bits per heavy atom. The molecule has 0 aliphatic carbocycles. The Bertz CT molecular complexity index is 3000. The van der Waals surface area contributed by atoms with Crippen molar-refractivity contribution in [1.29, 1.82) is 0 Å². The van der Waals surface area contributed by atoms with Gasteiger partial charge in [0.05, 0.1) is 0 Å². The summed E-state index contributed by atoms with van der Waals surface area (Å²) in [5.74, 6) is 1.77. The van der Waals surface area contributed by atoms with E-state index < -0.39 is 0 Å². The topological polar surface area (TPSA) is 80.2 Å². The van der Waals surface area contributed by atoms with Crippen LogP contribution in [-0.4, -0.2) is 33.0 Å². The SMILES string of the molecule is [Ir].[Pt].[c-]1c(Oc2[c-]c(-c3[c-]cccn3)ncc2)cncc1N1[CH-]N(c2ccccn2)c2ccccc21.[c-]1ccccc1N1[CH-]N(CCCCN2[CH-]N(c3[c-]cccc3)c3ccccc32)c2ccccc21. The molecule has 0 saturated heterocycles. The smallest absolute Gasteiger partial charge is 0.104 e. The van der Waals surface area contributed by atoms with Crippen molar-refractivity contribution in [2.24, 2.45) is 0 Å². The molecule has 11 nitrogen and oxygen atoms in total. The summed E-state index contributed by atoms with van der Waals surface area (Å²) < 4.78 is 6.02. The molecule has 0 saturated carbocycles. The van der Waals surface area contributed by atoms with Gasteiger partial charge in [-0.3, -0.25) is 0 Å². The molecular weight excluding hydrogens is 1230 g/mol. The van der Waals surface area contributed by atoms with E-state index >= 15 is 0 Å². The van der Waals surface area contributed by atoms with Crippen molar-refractivity contribution >= 4 is 57.0 Å². The van der Waals surface area contributed by atoms with Crippen LogP contribution in [0.2, 0.25) is 0 Å². The summed E-state index contributed by atoms with van der Waals surface area (Å²) in [5, 5.41) is 0. The summed E-state index contributed by atoms with van der Waals surface area (Å²) >= 11 is 0. The summed E-state index contributed by atoms with van der Waals surface area (Å²) in [6.07, 6.45) is 10.7. The van der Waals surface area contributed by atoms with E-state index in [-0.39, 0.29) is 41.2 Å². The third-order valence-corrected chi connectivity index (χ3v) is 11.5. The van der Waals surface area contributed by atoms with Crippen molar-refractivity contribution in [3.63, 3.8) is 0 Å². The Hall–Kier alpha value is -7.36. The first-order valence-electron chi connectivity index (χ1n) is 22.4. The molecule has 12 rings (SSSR count). The van der Waals surface area contributed by atoms with Gasteiger partial charge in [-0.15, -0.1) is 47.6 Å². The fraction of sp³-hybridized carbons (Fsp3) is 0.0702. The minimum atomic E-state index is 0. The molecule has 0 atom stereocenters. The van der Waals surface area contributed by atoms with Crippen molar-refractivity contribution in [3.05, 3.63) is 239 Å². The van der Waals surface area contributed by atoms with E-state index in [1.54, 1.807) is 49.2 Å². The van der Waals surface area contributed by atoms with Crippen LogP contribution in [0.25, 0.3) is 11.4 Å². The number of rotatable bonds is 12. The minimum Gasteiger partial charge on any atom is -0.509 e. The Morgan fingerprint density at radius 1 is 0.429 bits per heavy atom. The van der Waals surface area contributed by atoms with Gasteiger partial charge in [0.25, 0.3) is 0 Å². The molecule has 7 heterocycles. The van der Waals surface area contributed by atoms with Gasteiger partial charge < -0.3 is 49.1 Å². The molecular formula is C57H42IrN10OPt-8. The summed E-state index contributed by atoms with van der Waals surface area (Å²) in [4.78, 5) is 30.7. The van der Waals surface area contributed by atoms with Gasteiger partial charge in [-0.2, -0.15) is 86.1 Å². The molecule has 5 aromatic carbocycles. The number of unbranched alkanes of at least 4 members (excludes halogenated alkanes) is 1. The summed E-state index contributed by atoms with van der Waals surface area (Å²) in [6.45, 7) is 8.34. The predicted molar refractivity (Wildman–Crippen MR) is 268 cm³/mol. The van der Waals surface area contributed by atoms with Crippen molar-refractivity contribution in [2.75, 3.05) is 42.5 Å². The van der Waals surface area contributed by atoms with Gasteiger partial charge in [0.2, 0.25) is 0 Å². The normalized spacial score (nSPS) is 13.1. The second-order valence-electron chi connectivity index (χ2n) is 15.9. The van der Waals surface area contributed by atoms with Gasteiger partial charge in [-0.05, 0) is 93.1 Å². The number of benzene rings is 5. The van der Waals surface area contributed by atoms with Crippen LogP contribution in [0.15, 0.2) is 189 Å². The molecule has 70 heavy (non-hydrogen) atoms. The number of para-hydroxylation sites is 8. The zero-order valence-corrected chi connectivity index (χ0v) is 42.2. The molecule has 3 aliphatic heterocycles. The molecule has 0 fully saturated rings. The molecule has 0 amide bonds. The van der Waals surface area contributed by atoms with Gasteiger partial charge in [-0.25, -0.2) is 11.1 Å². The predicted octanol–water partition coefficient (Wildman–Crippen LogP) is 12.5. The van der Waals surface area contributed by atoms with Crippen LogP contribution in [0.1, 0.15) is 12.8 Å². The second-order valence-corrected chi connectivity index (χ2v) is 15.9. The number of aromatic nitrogens is 4. The average molecular weight is 1270 g/mol. The van der Waals surface area contributed by atoms with E-state index in [1.165, 1.54) is 22.7 Å². The maximum atomic E-state index is 6.02. The van der Waals surface area contributed by atoms with Crippen LogP contribution in [-0.2, 0) is 41.2 Å². The number of ether oxygens (including phenoxy) is 1. The summed E-state index contributed by atoms with van der Waals surface area (Å²) in [7, 11) is 0. The summed E-state index contributed by atoms with van der Waals surface area (Å²) in [5.41, 5.74) is 11.0. The molecule has 353 valence electrons. The quantitative estimate of drug-likeness (QED) is 0.0867. The molecule has 0 unspecified atom stereocenters. The van der Waals surface area contributed by atoms with Gasteiger partial charge in [0.1, 0.15) is 5.82 Å². The molecule has 0 N–H and O–H groups in total. The maximum Gasteiger partial charge on any atom is 0.104 e. The van der Waals surface area contributed by atoms with Crippen LogP contribution in [0.5, 0.6) is 11.5 Å².